The summed E-state index contributed by atoms with van der Waals surface area (Å²) in [5.74, 6) is -1.12. The molecule has 1 N–H and O–H groups in total. The Labute approximate surface area is 143 Å². The number of nitrogens with one attached hydrogen (secondary N) is 1. The van der Waals surface area contributed by atoms with Gasteiger partial charge in [-0.1, -0.05) is 6.07 Å². The Morgan fingerprint density at radius 2 is 2.25 bits per heavy atom. The number of carbonyl (C=O) groups is 2. The Balaban J connectivity index is 1.63. The fourth-order valence-electron chi connectivity index (χ4n) is 2.67. The second kappa shape index (κ2) is 6.68. The minimum absolute atomic E-state index is 0.137. The second-order valence-corrected chi connectivity index (χ2v) is 6.88. The van der Waals surface area contributed by atoms with E-state index in [4.69, 9.17) is 0 Å². The first kappa shape index (κ1) is 16.6. The van der Waals surface area contributed by atoms with Gasteiger partial charge in [0.15, 0.2) is 0 Å². The number of nitrogens with zero attached hydrogens (tertiary/aromatic N) is 2. The summed E-state index contributed by atoms with van der Waals surface area (Å²) >= 11 is 1.49. The molecular weight excluding hydrogens is 329 g/mol. The molecule has 0 radical (unpaired) electrons. The van der Waals surface area contributed by atoms with Crippen molar-refractivity contribution >= 4 is 28.8 Å². The summed E-state index contributed by atoms with van der Waals surface area (Å²) in [6.07, 6.45) is 0.137. The molecule has 126 valence electrons. The zero-order chi connectivity index (χ0) is 17.3. The van der Waals surface area contributed by atoms with Gasteiger partial charge in [0.25, 0.3) is 0 Å². The van der Waals surface area contributed by atoms with Gasteiger partial charge < -0.3 is 10.2 Å². The van der Waals surface area contributed by atoms with Crippen LogP contribution in [0.5, 0.6) is 0 Å². The van der Waals surface area contributed by atoms with E-state index in [1.807, 2.05) is 12.3 Å². The predicted molar refractivity (Wildman–Crippen MR) is 90.3 cm³/mol. The van der Waals surface area contributed by atoms with Gasteiger partial charge in [-0.3, -0.25) is 9.59 Å². The third-order valence-electron chi connectivity index (χ3n) is 4.04. The van der Waals surface area contributed by atoms with Gasteiger partial charge >= 0.3 is 0 Å². The van der Waals surface area contributed by atoms with Gasteiger partial charge in [0, 0.05) is 29.7 Å². The molecule has 1 aliphatic rings. The maximum Gasteiger partial charge on any atom is 0.227 e. The fourth-order valence-corrected chi connectivity index (χ4v) is 3.38. The topological polar surface area (TPSA) is 62.3 Å². The Bertz CT molecular complexity index is 790. The maximum absolute atomic E-state index is 13.7. The number of hydrogen-bond acceptors (Lipinski definition) is 4. The number of thiazole rings is 1. The summed E-state index contributed by atoms with van der Waals surface area (Å²) in [6.45, 7) is 4.20. The van der Waals surface area contributed by atoms with E-state index in [0.717, 1.165) is 10.7 Å². The van der Waals surface area contributed by atoms with Crippen LogP contribution in [0.3, 0.4) is 0 Å². The molecule has 24 heavy (non-hydrogen) atoms. The van der Waals surface area contributed by atoms with E-state index in [1.54, 1.807) is 19.1 Å². The van der Waals surface area contributed by atoms with E-state index in [9.17, 15) is 14.0 Å². The molecule has 1 aliphatic heterocycles. The lowest BCUT2D eigenvalue weighted by Gasteiger charge is -2.17. The largest absolute Gasteiger partial charge is 0.349 e. The Morgan fingerprint density at radius 3 is 2.92 bits per heavy atom. The normalized spacial score (nSPS) is 17.4. The maximum atomic E-state index is 13.7. The highest BCUT2D eigenvalue weighted by Gasteiger charge is 2.35. The lowest BCUT2D eigenvalue weighted by atomic mass is 10.1. The molecule has 2 amide bonds. The molecule has 0 bridgehead atoms. The van der Waals surface area contributed by atoms with Crippen LogP contribution in [0.25, 0.3) is 0 Å². The van der Waals surface area contributed by atoms with Gasteiger partial charge in [-0.05, 0) is 31.5 Å². The average molecular weight is 347 g/mol. The third-order valence-corrected chi connectivity index (χ3v) is 5.01. The van der Waals surface area contributed by atoms with Gasteiger partial charge in [-0.25, -0.2) is 9.37 Å². The molecule has 1 fully saturated rings. The van der Waals surface area contributed by atoms with E-state index in [2.05, 4.69) is 10.3 Å². The van der Waals surface area contributed by atoms with Crippen molar-refractivity contribution in [2.45, 2.75) is 26.8 Å². The number of aryl methyl sites for hydroxylation is 2. The lowest BCUT2D eigenvalue weighted by Crippen LogP contribution is -2.32. The Hall–Kier alpha value is -2.28. The molecular formula is C17H18FN3O2S. The number of halogens is 1. The van der Waals surface area contributed by atoms with Crippen LogP contribution in [-0.2, 0) is 16.1 Å². The van der Waals surface area contributed by atoms with Crippen molar-refractivity contribution in [3.8, 4) is 0 Å². The van der Waals surface area contributed by atoms with Crippen molar-refractivity contribution in [1.82, 2.24) is 10.3 Å². The van der Waals surface area contributed by atoms with Gasteiger partial charge in [0.2, 0.25) is 11.8 Å². The highest BCUT2D eigenvalue weighted by Crippen LogP contribution is 2.26. The van der Waals surface area contributed by atoms with Gasteiger partial charge in [-0.2, -0.15) is 0 Å². The molecule has 7 heteroatoms. The van der Waals surface area contributed by atoms with Crippen LogP contribution in [0.1, 0.15) is 22.7 Å². The van der Waals surface area contributed by atoms with Crippen LogP contribution in [0.4, 0.5) is 10.1 Å². The summed E-state index contributed by atoms with van der Waals surface area (Å²) in [5, 5.41) is 5.58. The summed E-state index contributed by atoms with van der Waals surface area (Å²) < 4.78 is 13.7. The molecule has 1 unspecified atom stereocenters. The van der Waals surface area contributed by atoms with Crippen LogP contribution < -0.4 is 10.2 Å². The molecule has 0 spiro atoms. The van der Waals surface area contributed by atoms with E-state index in [-0.39, 0.29) is 30.6 Å². The Kier molecular flexibility index (Phi) is 4.62. The number of anilines is 1. The zero-order valence-electron chi connectivity index (χ0n) is 13.5. The minimum Gasteiger partial charge on any atom is -0.349 e. The minimum atomic E-state index is -0.428. The molecule has 0 aliphatic carbocycles. The van der Waals surface area contributed by atoms with Crippen LogP contribution >= 0.6 is 11.3 Å². The first-order chi connectivity index (χ1) is 11.4. The summed E-state index contributed by atoms with van der Waals surface area (Å²) in [7, 11) is 0. The first-order valence-corrected chi connectivity index (χ1v) is 8.57. The van der Waals surface area contributed by atoms with E-state index < -0.39 is 5.92 Å². The van der Waals surface area contributed by atoms with Crippen LogP contribution in [0, 0.1) is 25.6 Å². The molecule has 1 aromatic heterocycles. The monoisotopic (exact) mass is 347 g/mol. The standard InChI is InChI=1S/C17H18FN3O2S/c1-10-3-4-13(6-14(10)18)21-8-12(5-16(21)22)17(23)19-7-15-20-11(2)9-24-15/h3-4,6,9,12H,5,7-8H2,1-2H3,(H,19,23). The van der Waals surface area contributed by atoms with Gasteiger partial charge in [-0.15, -0.1) is 11.3 Å². The predicted octanol–water partition coefficient (Wildman–Crippen LogP) is 2.57. The zero-order valence-corrected chi connectivity index (χ0v) is 14.3. The van der Waals surface area contributed by atoms with Crippen molar-refractivity contribution in [2.75, 3.05) is 11.4 Å². The Morgan fingerprint density at radius 1 is 1.46 bits per heavy atom. The smallest absolute Gasteiger partial charge is 0.227 e. The number of aromatic nitrogens is 1. The SMILES string of the molecule is Cc1csc(CNC(=O)C2CC(=O)N(c3ccc(C)c(F)c3)C2)n1. The number of carbonyl (C=O) groups excluding carboxylic acids is 2. The first-order valence-electron chi connectivity index (χ1n) is 7.69. The van der Waals surface area contributed by atoms with E-state index in [1.165, 1.54) is 22.3 Å². The molecule has 5 nitrogen and oxygen atoms in total. The number of hydrogen-bond donors (Lipinski definition) is 1. The molecule has 0 saturated carbocycles. The van der Waals surface area contributed by atoms with Crippen LogP contribution in [0.15, 0.2) is 23.6 Å². The van der Waals surface area contributed by atoms with Crippen molar-refractivity contribution in [2.24, 2.45) is 5.92 Å². The highest BCUT2D eigenvalue weighted by atomic mass is 32.1. The van der Waals surface area contributed by atoms with Gasteiger partial charge in [0.1, 0.15) is 10.8 Å². The molecule has 3 rings (SSSR count). The molecule has 1 atom stereocenters. The molecule has 1 aromatic carbocycles. The van der Waals surface area contributed by atoms with Crippen molar-refractivity contribution < 1.29 is 14.0 Å². The summed E-state index contributed by atoms with van der Waals surface area (Å²) in [6, 6.07) is 4.68. The van der Waals surface area contributed by atoms with E-state index >= 15 is 0 Å². The van der Waals surface area contributed by atoms with Crippen molar-refractivity contribution in [1.29, 1.82) is 0 Å². The van der Waals surface area contributed by atoms with Crippen LogP contribution in [0.2, 0.25) is 0 Å². The van der Waals surface area contributed by atoms with Gasteiger partial charge in [0.05, 0.1) is 12.5 Å². The fraction of sp³-hybridized carbons (Fsp3) is 0.353. The molecule has 1 saturated heterocycles. The van der Waals surface area contributed by atoms with Crippen LogP contribution in [-0.4, -0.2) is 23.3 Å². The summed E-state index contributed by atoms with van der Waals surface area (Å²) in [4.78, 5) is 30.2. The number of benzene rings is 1. The number of rotatable bonds is 4. The summed E-state index contributed by atoms with van der Waals surface area (Å²) in [5.41, 5.74) is 1.94. The van der Waals surface area contributed by atoms with Crippen molar-refractivity contribution in [3.05, 3.63) is 45.7 Å². The second-order valence-electron chi connectivity index (χ2n) is 5.94. The van der Waals surface area contributed by atoms with E-state index in [0.29, 0.717) is 17.8 Å². The molecule has 2 aromatic rings. The average Bonchev–Trinajstić information content (AvgIpc) is 3.14. The molecule has 2 heterocycles. The highest BCUT2D eigenvalue weighted by molar-refractivity contribution is 7.09. The quantitative estimate of drug-likeness (QED) is 0.925. The van der Waals surface area contributed by atoms with Crippen molar-refractivity contribution in [3.63, 3.8) is 0 Å². The lowest BCUT2D eigenvalue weighted by molar-refractivity contribution is -0.126. The third kappa shape index (κ3) is 3.46. The number of amides is 2.